The normalized spacial score (nSPS) is 16.1. The number of rotatable bonds is 5. The average Bonchev–Trinajstić information content (AvgIpc) is 3.16. The third-order valence-electron chi connectivity index (χ3n) is 4.36. The highest BCUT2D eigenvalue weighted by atomic mass is 16.3. The molecule has 3 heterocycles. The van der Waals surface area contributed by atoms with Gasteiger partial charge in [-0.2, -0.15) is 0 Å². The molecule has 0 radical (unpaired) electrons. The second-order valence-electron chi connectivity index (χ2n) is 6.22. The Labute approximate surface area is 148 Å². The zero-order valence-corrected chi connectivity index (χ0v) is 14.9. The quantitative estimate of drug-likeness (QED) is 0.630. The minimum absolute atomic E-state index is 0.680. The number of nitrogens with zero attached hydrogens (tertiary/aromatic N) is 4. The largest absolute Gasteiger partial charge is 0.472 e. The van der Waals surface area contributed by atoms with Crippen molar-refractivity contribution in [2.24, 2.45) is 4.99 Å². The van der Waals surface area contributed by atoms with Crippen LogP contribution in [0.1, 0.15) is 11.1 Å². The average molecular weight is 342 g/mol. The van der Waals surface area contributed by atoms with Crippen LogP contribution in [0.5, 0.6) is 0 Å². The summed E-state index contributed by atoms with van der Waals surface area (Å²) >= 11 is 0. The van der Waals surface area contributed by atoms with Crippen molar-refractivity contribution in [2.75, 3.05) is 45.2 Å². The molecule has 0 saturated carbocycles. The van der Waals surface area contributed by atoms with E-state index in [0.717, 1.165) is 43.5 Å². The Morgan fingerprint density at radius 2 is 1.92 bits per heavy atom. The second kappa shape index (κ2) is 8.53. The first-order valence-corrected chi connectivity index (χ1v) is 8.58. The number of aliphatic imine (C=N–C) groups is 1. The van der Waals surface area contributed by atoms with Gasteiger partial charge in [0.1, 0.15) is 5.82 Å². The first-order chi connectivity index (χ1) is 12.2. The fourth-order valence-electron chi connectivity index (χ4n) is 2.76. The molecule has 2 aromatic rings. The highest BCUT2D eigenvalue weighted by molar-refractivity contribution is 5.79. The van der Waals surface area contributed by atoms with Crippen LogP contribution in [0.3, 0.4) is 0 Å². The van der Waals surface area contributed by atoms with Gasteiger partial charge >= 0.3 is 0 Å². The zero-order chi connectivity index (χ0) is 17.5. The van der Waals surface area contributed by atoms with E-state index >= 15 is 0 Å². The van der Waals surface area contributed by atoms with Gasteiger partial charge in [0.15, 0.2) is 5.96 Å². The Morgan fingerprint density at radius 3 is 2.60 bits per heavy atom. The fourth-order valence-corrected chi connectivity index (χ4v) is 2.76. The maximum atomic E-state index is 5.07. The van der Waals surface area contributed by atoms with Crippen LogP contribution >= 0.6 is 0 Å². The van der Waals surface area contributed by atoms with Gasteiger partial charge in [0.05, 0.1) is 12.5 Å². The van der Waals surface area contributed by atoms with Gasteiger partial charge in [0, 0.05) is 58.1 Å². The summed E-state index contributed by atoms with van der Waals surface area (Å²) in [6.07, 6.45) is 5.28. The summed E-state index contributed by atoms with van der Waals surface area (Å²) in [5.41, 5.74) is 2.28. The molecule has 25 heavy (non-hydrogen) atoms. The molecule has 3 rings (SSSR count). The van der Waals surface area contributed by atoms with Crippen LogP contribution in [0.25, 0.3) is 0 Å². The minimum Gasteiger partial charge on any atom is -0.472 e. The Kier molecular flexibility index (Phi) is 5.90. The van der Waals surface area contributed by atoms with E-state index in [4.69, 9.17) is 4.42 Å². The van der Waals surface area contributed by atoms with Gasteiger partial charge in [0.2, 0.25) is 0 Å². The second-order valence-corrected chi connectivity index (χ2v) is 6.22. The van der Waals surface area contributed by atoms with Crippen molar-refractivity contribution in [3.63, 3.8) is 0 Å². The molecule has 134 valence electrons. The molecule has 1 saturated heterocycles. The van der Waals surface area contributed by atoms with Gasteiger partial charge in [0.25, 0.3) is 0 Å². The van der Waals surface area contributed by atoms with Crippen LogP contribution in [-0.4, -0.2) is 56.1 Å². The third-order valence-corrected chi connectivity index (χ3v) is 4.36. The number of hydrogen-bond acceptors (Lipinski definition) is 5. The molecule has 7 nitrogen and oxygen atoms in total. The standard InChI is InChI=1S/C18H26N6O/c1-19-18(22-13-16-4-10-25-14-16)21-12-15-3-5-20-17(11-15)24-8-6-23(2)7-9-24/h3-5,10-11,14H,6-9,12-13H2,1-2H3,(H2,19,21,22). The number of piperazine rings is 1. The van der Waals surface area contributed by atoms with E-state index in [1.54, 1.807) is 19.6 Å². The molecule has 0 aliphatic carbocycles. The maximum absolute atomic E-state index is 5.07. The van der Waals surface area contributed by atoms with E-state index < -0.39 is 0 Å². The summed E-state index contributed by atoms with van der Waals surface area (Å²) < 4.78 is 5.07. The number of nitrogens with one attached hydrogen (secondary N) is 2. The van der Waals surface area contributed by atoms with Crippen molar-refractivity contribution in [1.29, 1.82) is 0 Å². The van der Waals surface area contributed by atoms with Crippen molar-refractivity contribution in [3.05, 3.63) is 48.0 Å². The van der Waals surface area contributed by atoms with Crippen LogP contribution in [0, 0.1) is 0 Å². The third kappa shape index (κ3) is 4.96. The first-order valence-electron chi connectivity index (χ1n) is 8.58. The molecular weight excluding hydrogens is 316 g/mol. The summed E-state index contributed by atoms with van der Waals surface area (Å²) in [6, 6.07) is 6.13. The van der Waals surface area contributed by atoms with Crippen LogP contribution < -0.4 is 15.5 Å². The molecular formula is C18H26N6O. The lowest BCUT2D eigenvalue weighted by atomic mass is 10.2. The SMILES string of the molecule is CN=C(NCc1ccoc1)NCc1ccnc(N2CCN(C)CC2)c1. The number of furan rings is 1. The predicted molar refractivity (Wildman–Crippen MR) is 99.7 cm³/mol. The van der Waals surface area contributed by atoms with Crippen LogP contribution in [0.2, 0.25) is 0 Å². The molecule has 0 atom stereocenters. The van der Waals surface area contributed by atoms with E-state index in [2.05, 4.69) is 43.5 Å². The van der Waals surface area contributed by atoms with Gasteiger partial charge in [-0.1, -0.05) is 0 Å². The van der Waals surface area contributed by atoms with Gasteiger partial charge in [-0.3, -0.25) is 4.99 Å². The molecule has 0 amide bonds. The van der Waals surface area contributed by atoms with Gasteiger partial charge < -0.3 is 24.9 Å². The molecule has 2 N–H and O–H groups in total. The molecule has 1 aliphatic rings. The van der Waals surface area contributed by atoms with E-state index in [9.17, 15) is 0 Å². The summed E-state index contributed by atoms with van der Waals surface area (Å²) in [7, 11) is 3.93. The van der Waals surface area contributed by atoms with E-state index in [1.807, 2.05) is 18.3 Å². The van der Waals surface area contributed by atoms with Crippen LogP contribution in [0.15, 0.2) is 46.3 Å². The lowest BCUT2D eigenvalue weighted by Gasteiger charge is -2.33. The fraction of sp³-hybridized carbons (Fsp3) is 0.444. The smallest absolute Gasteiger partial charge is 0.191 e. The molecule has 1 fully saturated rings. The first kappa shape index (κ1) is 17.3. The van der Waals surface area contributed by atoms with Crippen LogP contribution in [0.4, 0.5) is 5.82 Å². The van der Waals surface area contributed by atoms with Gasteiger partial charge in [-0.05, 0) is 30.8 Å². The number of hydrogen-bond donors (Lipinski definition) is 2. The molecule has 0 bridgehead atoms. The summed E-state index contributed by atoms with van der Waals surface area (Å²) in [4.78, 5) is 13.5. The maximum Gasteiger partial charge on any atom is 0.191 e. The number of aromatic nitrogens is 1. The number of guanidine groups is 1. The Morgan fingerprint density at radius 1 is 1.16 bits per heavy atom. The Hall–Kier alpha value is -2.54. The van der Waals surface area contributed by atoms with Crippen molar-refractivity contribution >= 4 is 11.8 Å². The molecule has 0 unspecified atom stereocenters. The summed E-state index contributed by atoms with van der Waals surface area (Å²) in [5.74, 6) is 1.81. The van der Waals surface area contributed by atoms with Gasteiger partial charge in [-0.15, -0.1) is 0 Å². The Balaban J connectivity index is 1.52. The van der Waals surface area contributed by atoms with Crippen molar-refractivity contribution in [1.82, 2.24) is 20.5 Å². The molecule has 0 spiro atoms. The highest BCUT2D eigenvalue weighted by Gasteiger charge is 2.15. The minimum atomic E-state index is 0.680. The molecule has 2 aromatic heterocycles. The lowest BCUT2D eigenvalue weighted by molar-refractivity contribution is 0.312. The van der Waals surface area contributed by atoms with Crippen molar-refractivity contribution < 1.29 is 4.42 Å². The van der Waals surface area contributed by atoms with Crippen LogP contribution in [-0.2, 0) is 13.1 Å². The topological polar surface area (TPSA) is 68.9 Å². The van der Waals surface area contributed by atoms with Crippen molar-refractivity contribution in [2.45, 2.75) is 13.1 Å². The summed E-state index contributed by atoms with van der Waals surface area (Å²) in [6.45, 7) is 5.58. The zero-order valence-electron chi connectivity index (χ0n) is 14.9. The monoisotopic (exact) mass is 342 g/mol. The van der Waals surface area contributed by atoms with Gasteiger partial charge in [-0.25, -0.2) is 4.98 Å². The van der Waals surface area contributed by atoms with E-state index in [1.165, 1.54) is 5.56 Å². The van der Waals surface area contributed by atoms with Crippen molar-refractivity contribution in [3.8, 4) is 0 Å². The van der Waals surface area contributed by atoms with E-state index in [0.29, 0.717) is 13.1 Å². The molecule has 0 aromatic carbocycles. The van der Waals surface area contributed by atoms with E-state index in [-0.39, 0.29) is 0 Å². The molecule has 1 aliphatic heterocycles. The lowest BCUT2D eigenvalue weighted by Crippen LogP contribution is -2.44. The number of likely N-dealkylation sites (N-methyl/N-ethyl adjacent to an activating group) is 1. The number of pyridine rings is 1. The predicted octanol–water partition coefficient (Wildman–Crippen LogP) is 1.29. The summed E-state index contributed by atoms with van der Waals surface area (Å²) in [5, 5.41) is 6.61. The highest BCUT2D eigenvalue weighted by Crippen LogP contribution is 2.14. The number of anilines is 1. The molecule has 7 heteroatoms. The Bertz CT molecular complexity index is 677.